The normalized spacial score (nSPS) is 10.9. The molecular weight excluding hydrogens is 454 g/mol. The maximum atomic E-state index is 13.1. The smallest absolute Gasteiger partial charge is 0.333 e. The highest BCUT2D eigenvalue weighted by Gasteiger charge is 2.19. The van der Waals surface area contributed by atoms with E-state index in [1.54, 1.807) is 24.3 Å². The zero-order chi connectivity index (χ0) is 24.7. The molecule has 1 aromatic heterocycles. The molecule has 0 atom stereocenters. The average Bonchev–Trinajstić information content (AvgIpc) is 2.82. The highest BCUT2D eigenvalue weighted by Crippen LogP contribution is 2.21. The largest absolute Gasteiger partial charge is 0.383 e. The minimum Gasteiger partial charge on any atom is -0.383 e. The van der Waals surface area contributed by atoms with E-state index in [9.17, 15) is 14.4 Å². The second-order valence-corrected chi connectivity index (χ2v) is 8.68. The molecular formula is C25H30ClN5O3. The number of primary amides is 1. The van der Waals surface area contributed by atoms with Gasteiger partial charge in [0.15, 0.2) is 0 Å². The summed E-state index contributed by atoms with van der Waals surface area (Å²) in [5, 5.41) is 3.48. The van der Waals surface area contributed by atoms with Crippen molar-refractivity contribution in [3.63, 3.8) is 0 Å². The van der Waals surface area contributed by atoms with Gasteiger partial charge in [-0.1, -0.05) is 62.1 Å². The number of halogens is 1. The number of hydrogen-bond donors (Lipinski definition) is 3. The molecule has 2 aromatic carbocycles. The summed E-state index contributed by atoms with van der Waals surface area (Å²) in [7, 11) is 0. The van der Waals surface area contributed by atoms with Gasteiger partial charge in [-0.3, -0.25) is 14.2 Å². The van der Waals surface area contributed by atoms with Crippen LogP contribution in [0.5, 0.6) is 0 Å². The van der Waals surface area contributed by atoms with Gasteiger partial charge in [0, 0.05) is 10.7 Å². The number of aromatic nitrogens is 2. The van der Waals surface area contributed by atoms with E-state index in [0.29, 0.717) is 10.7 Å². The van der Waals surface area contributed by atoms with Crippen LogP contribution in [0.2, 0.25) is 5.02 Å². The maximum Gasteiger partial charge on any atom is 0.333 e. The van der Waals surface area contributed by atoms with Crippen LogP contribution in [-0.4, -0.2) is 15.0 Å². The molecule has 0 saturated carbocycles. The van der Waals surface area contributed by atoms with Gasteiger partial charge in [0.1, 0.15) is 18.1 Å². The maximum absolute atomic E-state index is 13.1. The predicted octanol–water partition coefficient (Wildman–Crippen LogP) is 3.65. The lowest BCUT2D eigenvalue weighted by Gasteiger charge is -2.17. The first kappa shape index (κ1) is 25.1. The van der Waals surface area contributed by atoms with Gasteiger partial charge in [0.2, 0.25) is 5.91 Å². The van der Waals surface area contributed by atoms with Crippen molar-refractivity contribution in [1.29, 1.82) is 0 Å². The van der Waals surface area contributed by atoms with Crippen molar-refractivity contribution >= 4 is 34.7 Å². The summed E-state index contributed by atoms with van der Waals surface area (Å²) in [5.41, 5.74) is 12.7. The highest BCUT2D eigenvalue weighted by molar-refractivity contribution is 6.30. The first-order chi connectivity index (χ1) is 16.3. The lowest BCUT2D eigenvalue weighted by atomic mass is 10.0. The fourth-order valence-corrected chi connectivity index (χ4v) is 3.83. The Hall–Kier alpha value is -3.52. The molecule has 0 aliphatic carbocycles. The van der Waals surface area contributed by atoms with Crippen molar-refractivity contribution in [3.05, 3.63) is 85.5 Å². The van der Waals surface area contributed by atoms with Crippen molar-refractivity contribution in [1.82, 2.24) is 9.13 Å². The number of nitrogen functional groups attached to an aromatic ring is 1. The molecule has 0 aliphatic rings. The molecule has 0 aliphatic heterocycles. The molecule has 1 heterocycles. The lowest BCUT2D eigenvalue weighted by Crippen LogP contribution is -2.44. The van der Waals surface area contributed by atoms with Crippen LogP contribution >= 0.6 is 11.6 Å². The van der Waals surface area contributed by atoms with E-state index in [2.05, 4.69) is 12.2 Å². The molecule has 5 N–H and O–H groups in total. The summed E-state index contributed by atoms with van der Waals surface area (Å²) in [6.07, 6.45) is 5.77. The zero-order valence-corrected chi connectivity index (χ0v) is 20.0. The number of anilines is 3. The van der Waals surface area contributed by atoms with Crippen LogP contribution in [0.15, 0.2) is 58.1 Å². The molecule has 0 unspecified atom stereocenters. The number of benzene rings is 2. The summed E-state index contributed by atoms with van der Waals surface area (Å²) in [6.45, 7) is 1.77. The van der Waals surface area contributed by atoms with Crippen LogP contribution in [0.25, 0.3) is 0 Å². The molecule has 0 saturated heterocycles. The monoisotopic (exact) mass is 483 g/mol. The van der Waals surface area contributed by atoms with Crippen molar-refractivity contribution in [2.45, 2.75) is 52.1 Å². The van der Waals surface area contributed by atoms with Gasteiger partial charge >= 0.3 is 5.69 Å². The Balaban J connectivity index is 1.94. The molecule has 8 nitrogen and oxygen atoms in total. The standard InChI is InChI=1S/C25H30ClN5O3/c1-2-3-4-5-6-17-7-9-18(10-8-17)15-30-23(28)22(29-20-13-11-19(26)12-14-20)24(33)31(25(30)34)16-21(27)32/h7-14,29H,2-6,15-16,28H2,1H3,(H2,27,32). The van der Waals surface area contributed by atoms with Crippen LogP contribution in [0, 0.1) is 0 Å². The Morgan fingerprint density at radius 2 is 1.59 bits per heavy atom. The SMILES string of the molecule is CCCCCCc1ccc(Cn2c(N)c(Nc3ccc(Cl)cc3)c(=O)n(CC(N)=O)c2=O)cc1. The number of carbonyl (C=O) groups is 1. The van der Waals surface area contributed by atoms with Crippen LogP contribution in [0.1, 0.15) is 43.7 Å². The van der Waals surface area contributed by atoms with E-state index >= 15 is 0 Å². The molecule has 0 fully saturated rings. The van der Waals surface area contributed by atoms with Crippen molar-refractivity contribution in [2.24, 2.45) is 5.73 Å². The van der Waals surface area contributed by atoms with Gasteiger partial charge in [0.25, 0.3) is 5.56 Å². The summed E-state index contributed by atoms with van der Waals surface area (Å²) < 4.78 is 2.05. The number of aryl methyl sites for hydroxylation is 1. The number of hydrogen-bond acceptors (Lipinski definition) is 5. The van der Waals surface area contributed by atoms with Crippen LogP contribution in [-0.2, 0) is 24.3 Å². The second-order valence-electron chi connectivity index (χ2n) is 8.25. The lowest BCUT2D eigenvalue weighted by molar-refractivity contribution is -0.118. The predicted molar refractivity (Wildman–Crippen MR) is 137 cm³/mol. The van der Waals surface area contributed by atoms with E-state index in [-0.39, 0.29) is 18.1 Å². The van der Waals surface area contributed by atoms with Crippen LogP contribution in [0.3, 0.4) is 0 Å². The number of nitrogens with one attached hydrogen (secondary N) is 1. The minimum atomic E-state index is -0.805. The number of nitrogens with zero attached hydrogens (tertiary/aromatic N) is 2. The second kappa shape index (κ2) is 11.6. The molecule has 1 amide bonds. The summed E-state index contributed by atoms with van der Waals surface area (Å²) in [6, 6.07) is 14.6. The topological polar surface area (TPSA) is 125 Å². The van der Waals surface area contributed by atoms with E-state index in [1.807, 2.05) is 24.3 Å². The minimum absolute atomic E-state index is 0.0179. The van der Waals surface area contributed by atoms with Crippen molar-refractivity contribution < 1.29 is 4.79 Å². The Morgan fingerprint density at radius 1 is 0.941 bits per heavy atom. The van der Waals surface area contributed by atoms with Gasteiger partial charge in [-0.2, -0.15) is 0 Å². The Morgan fingerprint density at radius 3 is 2.21 bits per heavy atom. The number of rotatable bonds is 11. The number of carbonyl (C=O) groups excluding carboxylic acids is 1. The summed E-state index contributed by atoms with van der Waals surface area (Å²) in [5.74, 6) is -0.838. The summed E-state index contributed by atoms with van der Waals surface area (Å²) >= 11 is 5.93. The average molecular weight is 484 g/mol. The Kier molecular flexibility index (Phi) is 8.54. The quantitative estimate of drug-likeness (QED) is 0.359. The van der Waals surface area contributed by atoms with Crippen molar-refractivity contribution in [3.8, 4) is 0 Å². The molecule has 180 valence electrons. The highest BCUT2D eigenvalue weighted by atomic mass is 35.5. The Labute approximate surface area is 203 Å². The van der Waals surface area contributed by atoms with E-state index < -0.39 is 23.7 Å². The molecule has 3 rings (SSSR count). The fourth-order valence-electron chi connectivity index (χ4n) is 3.71. The first-order valence-electron chi connectivity index (χ1n) is 11.3. The number of nitrogens with two attached hydrogens (primary N) is 2. The molecule has 9 heteroatoms. The first-order valence-corrected chi connectivity index (χ1v) is 11.7. The van der Waals surface area contributed by atoms with E-state index in [1.165, 1.54) is 29.4 Å². The summed E-state index contributed by atoms with van der Waals surface area (Å²) in [4.78, 5) is 37.6. The van der Waals surface area contributed by atoms with Crippen molar-refractivity contribution in [2.75, 3.05) is 11.1 Å². The van der Waals surface area contributed by atoms with Gasteiger partial charge in [0.05, 0.1) is 6.54 Å². The molecule has 0 radical (unpaired) electrons. The third-order valence-corrected chi connectivity index (χ3v) is 5.83. The van der Waals surface area contributed by atoms with E-state index in [4.69, 9.17) is 23.1 Å². The Bertz CT molecular complexity index is 1250. The zero-order valence-electron chi connectivity index (χ0n) is 19.2. The van der Waals surface area contributed by atoms with Gasteiger partial charge < -0.3 is 16.8 Å². The molecule has 0 spiro atoms. The van der Waals surface area contributed by atoms with Gasteiger partial charge in [-0.05, 0) is 48.2 Å². The molecule has 0 bridgehead atoms. The molecule has 3 aromatic rings. The van der Waals surface area contributed by atoms with Crippen LogP contribution < -0.4 is 28.0 Å². The van der Waals surface area contributed by atoms with Gasteiger partial charge in [-0.25, -0.2) is 9.36 Å². The third kappa shape index (κ3) is 6.29. The van der Waals surface area contributed by atoms with Crippen LogP contribution in [0.4, 0.5) is 17.2 Å². The third-order valence-electron chi connectivity index (χ3n) is 5.58. The molecule has 34 heavy (non-hydrogen) atoms. The fraction of sp³-hybridized carbons (Fsp3) is 0.320. The number of unbranched alkanes of at least 4 members (excludes halogenated alkanes) is 3. The van der Waals surface area contributed by atoms with E-state index in [0.717, 1.165) is 23.0 Å². The van der Waals surface area contributed by atoms with Gasteiger partial charge in [-0.15, -0.1) is 0 Å². The number of amides is 1.